The van der Waals surface area contributed by atoms with E-state index in [-0.39, 0.29) is 0 Å². The predicted molar refractivity (Wildman–Crippen MR) is 71.3 cm³/mol. The molecule has 3 nitrogen and oxygen atoms in total. The second-order valence-electron chi connectivity index (χ2n) is 4.42. The molecule has 92 valence electrons. The Bertz CT molecular complexity index is 593. The molecule has 0 aliphatic carbocycles. The standard InChI is InChI=1S/C15H15NO2/c1-17-13-4-2-3-11-6-5-10-7-8-12(16)9-14(10)18-15(11)13/h2-4,7-9H,5-6,16H2,1H3. The van der Waals surface area contributed by atoms with Crippen LogP contribution in [0, 0.1) is 0 Å². The van der Waals surface area contributed by atoms with Crippen LogP contribution in [0.25, 0.3) is 0 Å². The molecular formula is C15H15NO2. The molecule has 2 aromatic rings. The van der Waals surface area contributed by atoms with Gasteiger partial charge in [-0.15, -0.1) is 0 Å². The van der Waals surface area contributed by atoms with E-state index in [1.807, 2.05) is 30.3 Å². The minimum absolute atomic E-state index is 0.715. The summed E-state index contributed by atoms with van der Waals surface area (Å²) in [5.41, 5.74) is 8.88. The third kappa shape index (κ3) is 1.78. The first-order chi connectivity index (χ1) is 8.78. The molecule has 0 aromatic heterocycles. The van der Waals surface area contributed by atoms with E-state index in [9.17, 15) is 0 Å². The molecule has 0 saturated carbocycles. The number of fused-ring (bicyclic) bond motifs is 2. The minimum Gasteiger partial charge on any atom is -0.493 e. The topological polar surface area (TPSA) is 44.5 Å². The molecule has 0 fully saturated rings. The summed E-state index contributed by atoms with van der Waals surface area (Å²) < 4.78 is 11.4. The Labute approximate surface area is 106 Å². The summed E-state index contributed by atoms with van der Waals surface area (Å²) in [6.07, 6.45) is 1.90. The van der Waals surface area contributed by atoms with E-state index >= 15 is 0 Å². The molecule has 2 aromatic carbocycles. The van der Waals surface area contributed by atoms with E-state index in [1.165, 1.54) is 11.1 Å². The lowest BCUT2D eigenvalue weighted by atomic mass is 10.0. The molecule has 1 heterocycles. The maximum Gasteiger partial charge on any atom is 0.172 e. The zero-order valence-electron chi connectivity index (χ0n) is 10.3. The van der Waals surface area contributed by atoms with Crippen molar-refractivity contribution in [3.63, 3.8) is 0 Å². The Morgan fingerprint density at radius 2 is 1.94 bits per heavy atom. The van der Waals surface area contributed by atoms with Crippen LogP contribution in [0.1, 0.15) is 11.1 Å². The first-order valence-electron chi connectivity index (χ1n) is 6.00. The van der Waals surface area contributed by atoms with E-state index in [1.54, 1.807) is 7.11 Å². The molecule has 0 amide bonds. The third-order valence-corrected chi connectivity index (χ3v) is 3.25. The monoisotopic (exact) mass is 241 g/mol. The molecule has 0 atom stereocenters. The molecular weight excluding hydrogens is 226 g/mol. The van der Waals surface area contributed by atoms with E-state index in [0.717, 1.165) is 30.1 Å². The predicted octanol–water partition coefficient (Wildman–Crippen LogP) is 3.17. The van der Waals surface area contributed by atoms with Gasteiger partial charge in [-0.05, 0) is 36.1 Å². The van der Waals surface area contributed by atoms with Gasteiger partial charge in [-0.3, -0.25) is 0 Å². The highest BCUT2D eigenvalue weighted by atomic mass is 16.5. The summed E-state index contributed by atoms with van der Waals surface area (Å²) in [6, 6.07) is 11.8. The van der Waals surface area contributed by atoms with Gasteiger partial charge in [0.05, 0.1) is 7.11 Å². The van der Waals surface area contributed by atoms with E-state index in [4.69, 9.17) is 15.2 Å². The number of rotatable bonds is 1. The highest BCUT2D eigenvalue weighted by Gasteiger charge is 2.18. The van der Waals surface area contributed by atoms with Crippen molar-refractivity contribution in [2.45, 2.75) is 12.8 Å². The molecule has 0 radical (unpaired) electrons. The largest absolute Gasteiger partial charge is 0.493 e. The second-order valence-corrected chi connectivity index (χ2v) is 4.42. The van der Waals surface area contributed by atoms with Gasteiger partial charge in [0.1, 0.15) is 5.75 Å². The lowest BCUT2D eigenvalue weighted by molar-refractivity contribution is 0.377. The molecule has 1 aliphatic rings. The molecule has 0 saturated heterocycles. The smallest absolute Gasteiger partial charge is 0.172 e. The molecule has 1 aliphatic heterocycles. The lowest BCUT2D eigenvalue weighted by Gasteiger charge is -2.12. The van der Waals surface area contributed by atoms with Crippen molar-refractivity contribution in [2.75, 3.05) is 12.8 Å². The highest BCUT2D eigenvalue weighted by molar-refractivity contribution is 5.55. The molecule has 0 spiro atoms. The van der Waals surface area contributed by atoms with Crippen LogP contribution < -0.4 is 15.2 Å². The summed E-state index contributed by atoms with van der Waals surface area (Å²) in [4.78, 5) is 0. The number of ether oxygens (including phenoxy) is 2. The number of para-hydroxylation sites is 1. The SMILES string of the molecule is COc1cccc2c1Oc1cc(N)ccc1CC2. The number of hydrogen-bond acceptors (Lipinski definition) is 3. The van der Waals surface area contributed by atoms with Gasteiger partial charge in [0.2, 0.25) is 0 Å². The average molecular weight is 241 g/mol. The molecule has 18 heavy (non-hydrogen) atoms. The van der Waals surface area contributed by atoms with E-state index in [2.05, 4.69) is 6.07 Å². The molecule has 0 bridgehead atoms. The van der Waals surface area contributed by atoms with Crippen LogP contribution >= 0.6 is 0 Å². The Balaban J connectivity index is 2.12. The van der Waals surface area contributed by atoms with Gasteiger partial charge in [-0.1, -0.05) is 18.2 Å². The van der Waals surface area contributed by atoms with E-state index in [0.29, 0.717) is 5.69 Å². The van der Waals surface area contributed by atoms with Gasteiger partial charge >= 0.3 is 0 Å². The van der Waals surface area contributed by atoms with Crippen molar-refractivity contribution in [3.05, 3.63) is 47.5 Å². The Hall–Kier alpha value is -2.16. The maximum absolute atomic E-state index is 6.00. The van der Waals surface area contributed by atoms with Crippen LogP contribution in [0.3, 0.4) is 0 Å². The number of nitrogen functional groups attached to an aromatic ring is 1. The van der Waals surface area contributed by atoms with Gasteiger partial charge in [0.15, 0.2) is 11.5 Å². The number of anilines is 1. The number of benzene rings is 2. The summed E-state index contributed by atoms with van der Waals surface area (Å²) in [7, 11) is 1.66. The Morgan fingerprint density at radius 3 is 2.78 bits per heavy atom. The fraction of sp³-hybridized carbons (Fsp3) is 0.200. The van der Waals surface area contributed by atoms with Crippen LogP contribution in [0.15, 0.2) is 36.4 Å². The molecule has 0 unspecified atom stereocenters. The second kappa shape index (κ2) is 4.26. The Morgan fingerprint density at radius 1 is 1.11 bits per heavy atom. The third-order valence-electron chi connectivity index (χ3n) is 3.25. The number of nitrogens with two attached hydrogens (primary N) is 1. The van der Waals surface area contributed by atoms with Gasteiger partial charge < -0.3 is 15.2 Å². The average Bonchev–Trinajstić information content (AvgIpc) is 2.56. The first kappa shape index (κ1) is 11.0. The fourth-order valence-corrected chi connectivity index (χ4v) is 2.29. The molecule has 2 N–H and O–H groups in total. The summed E-state index contributed by atoms with van der Waals surface area (Å²) in [5, 5.41) is 0. The van der Waals surface area contributed by atoms with Crippen molar-refractivity contribution >= 4 is 5.69 Å². The van der Waals surface area contributed by atoms with Gasteiger partial charge in [0, 0.05) is 11.8 Å². The minimum atomic E-state index is 0.715. The highest BCUT2D eigenvalue weighted by Crippen LogP contribution is 2.40. The van der Waals surface area contributed by atoms with Crippen LogP contribution in [0.2, 0.25) is 0 Å². The quantitative estimate of drug-likeness (QED) is 0.780. The maximum atomic E-state index is 6.00. The van der Waals surface area contributed by atoms with Gasteiger partial charge in [-0.25, -0.2) is 0 Å². The van der Waals surface area contributed by atoms with Gasteiger partial charge in [-0.2, -0.15) is 0 Å². The van der Waals surface area contributed by atoms with Crippen molar-refractivity contribution in [2.24, 2.45) is 0 Å². The van der Waals surface area contributed by atoms with Crippen molar-refractivity contribution < 1.29 is 9.47 Å². The number of methoxy groups -OCH3 is 1. The number of hydrogen-bond donors (Lipinski definition) is 1. The Kier molecular flexibility index (Phi) is 2.59. The van der Waals surface area contributed by atoms with Crippen LogP contribution in [0.4, 0.5) is 5.69 Å². The van der Waals surface area contributed by atoms with Crippen molar-refractivity contribution in [1.82, 2.24) is 0 Å². The fourth-order valence-electron chi connectivity index (χ4n) is 2.29. The van der Waals surface area contributed by atoms with Crippen molar-refractivity contribution in [1.29, 1.82) is 0 Å². The van der Waals surface area contributed by atoms with Crippen molar-refractivity contribution in [3.8, 4) is 17.2 Å². The van der Waals surface area contributed by atoms with Crippen LogP contribution in [-0.4, -0.2) is 7.11 Å². The summed E-state index contributed by atoms with van der Waals surface area (Å²) in [6.45, 7) is 0. The lowest BCUT2D eigenvalue weighted by Crippen LogP contribution is -1.93. The summed E-state index contributed by atoms with van der Waals surface area (Å²) >= 11 is 0. The van der Waals surface area contributed by atoms with Crippen LogP contribution in [-0.2, 0) is 12.8 Å². The molecule has 3 rings (SSSR count). The first-order valence-corrected chi connectivity index (χ1v) is 6.00. The normalized spacial score (nSPS) is 12.9. The zero-order chi connectivity index (χ0) is 12.5. The summed E-state index contributed by atoms with van der Waals surface area (Å²) in [5.74, 6) is 2.41. The van der Waals surface area contributed by atoms with Crippen LogP contribution in [0.5, 0.6) is 17.2 Å². The van der Waals surface area contributed by atoms with Gasteiger partial charge in [0.25, 0.3) is 0 Å². The number of aryl methyl sites for hydroxylation is 2. The van der Waals surface area contributed by atoms with E-state index < -0.39 is 0 Å². The molecule has 3 heteroatoms. The zero-order valence-corrected chi connectivity index (χ0v) is 10.3.